The fraction of sp³-hybridized carbons (Fsp3) is 0. The Labute approximate surface area is 344 Å². The fourth-order valence-corrected chi connectivity index (χ4v) is 10.2. The predicted molar refractivity (Wildman–Crippen MR) is 249 cm³/mol. The molecule has 0 aliphatic rings. The second-order valence-corrected chi connectivity index (χ2v) is 15.6. The fourth-order valence-electron chi connectivity index (χ4n) is 10.2. The second kappa shape index (κ2) is 12.3. The van der Waals surface area contributed by atoms with Crippen LogP contribution in [0.25, 0.3) is 110 Å². The summed E-state index contributed by atoms with van der Waals surface area (Å²) < 4.78 is 9.59. The Hall–Kier alpha value is -8.33. The Morgan fingerprint density at radius 3 is 1.40 bits per heavy atom. The number of hydrogen-bond acceptors (Lipinski definition) is 1. The molecule has 0 atom stereocenters. The van der Waals surface area contributed by atoms with E-state index in [1.165, 1.54) is 32.6 Å². The number of benzene rings is 9. The topological polar surface area (TPSA) is 43.5 Å². The Kier molecular flexibility index (Phi) is 6.73. The first-order valence-electron chi connectivity index (χ1n) is 20.3. The van der Waals surface area contributed by atoms with Gasteiger partial charge in [0, 0.05) is 65.8 Å². The molecule has 4 heterocycles. The molecule has 0 amide bonds. The van der Waals surface area contributed by atoms with Crippen molar-refractivity contribution in [1.29, 1.82) is 5.26 Å². The highest BCUT2D eigenvalue weighted by atomic mass is 15.0. The van der Waals surface area contributed by atoms with Crippen LogP contribution in [-0.2, 0) is 0 Å². The van der Waals surface area contributed by atoms with E-state index in [1.54, 1.807) is 0 Å². The molecule has 278 valence electrons. The maximum Gasteiger partial charge on any atom is 0.101 e. The first-order chi connectivity index (χ1) is 29.8. The standard InChI is InChI=1S/C55H33N5/c56-34-35-15-14-24-41-43-29-32-50-52(55(43)60(53(35)41)38-20-8-3-9-21-38)45-33-39(27-30-48(45)57(50)36-16-4-1-5-17-36)58-47-26-13-11-23-44(47)51-49(58)31-28-42-40-22-10-12-25-46(40)59(54(42)51)37-18-6-2-7-19-37/h1-33H. The minimum absolute atomic E-state index is 0.651. The van der Waals surface area contributed by atoms with Gasteiger partial charge in [-0.2, -0.15) is 5.26 Å². The summed E-state index contributed by atoms with van der Waals surface area (Å²) in [5, 5.41) is 19.9. The molecule has 13 aromatic rings. The zero-order valence-electron chi connectivity index (χ0n) is 32.3. The van der Waals surface area contributed by atoms with E-state index in [0.29, 0.717) is 5.56 Å². The molecular weight excluding hydrogens is 731 g/mol. The quantitative estimate of drug-likeness (QED) is 0.176. The van der Waals surface area contributed by atoms with E-state index in [2.05, 4.69) is 206 Å². The maximum atomic E-state index is 10.5. The number of para-hydroxylation sites is 6. The third kappa shape index (κ3) is 4.34. The highest BCUT2D eigenvalue weighted by Crippen LogP contribution is 2.45. The van der Waals surface area contributed by atoms with Crippen molar-refractivity contribution in [2.45, 2.75) is 0 Å². The van der Waals surface area contributed by atoms with Crippen LogP contribution in [0, 0.1) is 11.3 Å². The zero-order chi connectivity index (χ0) is 39.5. The summed E-state index contributed by atoms with van der Waals surface area (Å²) in [5.74, 6) is 0. The van der Waals surface area contributed by atoms with Gasteiger partial charge in [0.2, 0.25) is 0 Å². The van der Waals surface area contributed by atoms with Gasteiger partial charge in [0.1, 0.15) is 6.07 Å². The monoisotopic (exact) mass is 763 g/mol. The van der Waals surface area contributed by atoms with Crippen molar-refractivity contribution in [2.75, 3.05) is 0 Å². The summed E-state index contributed by atoms with van der Waals surface area (Å²) in [5.41, 5.74) is 13.9. The van der Waals surface area contributed by atoms with Crippen molar-refractivity contribution in [3.8, 4) is 28.8 Å². The van der Waals surface area contributed by atoms with Crippen LogP contribution in [0.2, 0.25) is 0 Å². The van der Waals surface area contributed by atoms with Crippen LogP contribution in [0.1, 0.15) is 5.56 Å². The Bertz CT molecular complexity index is 3930. The van der Waals surface area contributed by atoms with E-state index in [9.17, 15) is 5.26 Å². The highest BCUT2D eigenvalue weighted by molar-refractivity contribution is 6.28. The molecule has 0 spiro atoms. The Balaban J connectivity index is 1.20. The van der Waals surface area contributed by atoms with Gasteiger partial charge in [0.05, 0.1) is 49.7 Å². The number of nitrogens with zero attached hydrogens (tertiary/aromatic N) is 5. The molecule has 0 aliphatic carbocycles. The van der Waals surface area contributed by atoms with Crippen molar-refractivity contribution >= 4 is 87.2 Å². The molecule has 4 aromatic heterocycles. The second-order valence-electron chi connectivity index (χ2n) is 15.6. The summed E-state index contributed by atoms with van der Waals surface area (Å²) in [4.78, 5) is 0. The lowest BCUT2D eigenvalue weighted by Gasteiger charge is -2.11. The number of nitriles is 1. The van der Waals surface area contributed by atoms with Crippen molar-refractivity contribution in [3.05, 3.63) is 206 Å². The molecule has 9 aromatic carbocycles. The van der Waals surface area contributed by atoms with Crippen LogP contribution in [0.4, 0.5) is 0 Å². The lowest BCUT2D eigenvalue weighted by molar-refractivity contribution is 1.16. The summed E-state index contributed by atoms with van der Waals surface area (Å²) in [6, 6.07) is 74.1. The summed E-state index contributed by atoms with van der Waals surface area (Å²) >= 11 is 0. The van der Waals surface area contributed by atoms with Crippen LogP contribution < -0.4 is 0 Å². The average molecular weight is 764 g/mol. The van der Waals surface area contributed by atoms with E-state index in [-0.39, 0.29) is 0 Å². The molecule has 0 bridgehead atoms. The molecule has 5 nitrogen and oxygen atoms in total. The molecule has 0 radical (unpaired) electrons. The van der Waals surface area contributed by atoms with E-state index < -0.39 is 0 Å². The van der Waals surface area contributed by atoms with Gasteiger partial charge >= 0.3 is 0 Å². The number of rotatable bonds is 4. The van der Waals surface area contributed by atoms with Gasteiger partial charge < -0.3 is 18.3 Å². The molecule has 60 heavy (non-hydrogen) atoms. The van der Waals surface area contributed by atoms with Crippen molar-refractivity contribution < 1.29 is 0 Å². The number of hydrogen-bond donors (Lipinski definition) is 0. The van der Waals surface area contributed by atoms with Crippen molar-refractivity contribution in [3.63, 3.8) is 0 Å². The summed E-state index contributed by atoms with van der Waals surface area (Å²) in [6.45, 7) is 0. The van der Waals surface area contributed by atoms with Crippen LogP contribution in [0.5, 0.6) is 0 Å². The zero-order valence-corrected chi connectivity index (χ0v) is 32.3. The van der Waals surface area contributed by atoms with Gasteiger partial charge in [0.25, 0.3) is 0 Å². The summed E-state index contributed by atoms with van der Waals surface area (Å²) in [6.07, 6.45) is 0. The number of fused-ring (bicyclic) bond motifs is 14. The van der Waals surface area contributed by atoms with E-state index >= 15 is 0 Å². The van der Waals surface area contributed by atoms with E-state index in [4.69, 9.17) is 0 Å². The first-order valence-corrected chi connectivity index (χ1v) is 20.3. The SMILES string of the molecule is N#Cc1cccc2c3ccc4c(c5cc(-n6c7ccccc7c7c6ccc6c8ccccc8n(-c8ccccc8)c67)ccc5n4-c4ccccc4)c3n(-c3ccccc3)c12. The van der Waals surface area contributed by atoms with Gasteiger partial charge in [0.15, 0.2) is 0 Å². The molecule has 0 unspecified atom stereocenters. The minimum atomic E-state index is 0.651. The smallest absolute Gasteiger partial charge is 0.101 e. The predicted octanol–water partition coefficient (Wildman–Crippen LogP) is 13.9. The molecule has 5 heteroatoms. The molecule has 0 fully saturated rings. The molecule has 0 N–H and O–H groups in total. The van der Waals surface area contributed by atoms with Crippen molar-refractivity contribution in [1.82, 2.24) is 18.3 Å². The van der Waals surface area contributed by atoms with Crippen LogP contribution in [0.3, 0.4) is 0 Å². The average Bonchev–Trinajstić information content (AvgIpc) is 4.04. The number of aromatic nitrogens is 4. The first kappa shape index (κ1) is 32.7. The minimum Gasteiger partial charge on any atom is -0.309 e. The van der Waals surface area contributed by atoms with Gasteiger partial charge in [-0.25, -0.2) is 0 Å². The maximum absolute atomic E-state index is 10.5. The van der Waals surface area contributed by atoms with E-state index in [0.717, 1.165) is 77.4 Å². The third-order valence-corrected chi connectivity index (χ3v) is 12.6. The molecule has 0 saturated heterocycles. The highest BCUT2D eigenvalue weighted by Gasteiger charge is 2.25. The normalized spacial score (nSPS) is 12.0. The molecule has 13 rings (SSSR count). The summed E-state index contributed by atoms with van der Waals surface area (Å²) in [7, 11) is 0. The molecule has 0 aliphatic heterocycles. The Morgan fingerprint density at radius 1 is 0.283 bits per heavy atom. The van der Waals surface area contributed by atoms with Gasteiger partial charge in [-0.15, -0.1) is 0 Å². The third-order valence-electron chi connectivity index (χ3n) is 12.6. The Morgan fingerprint density at radius 2 is 0.733 bits per heavy atom. The lowest BCUT2D eigenvalue weighted by Crippen LogP contribution is -1.96. The lowest BCUT2D eigenvalue weighted by atomic mass is 10.1. The van der Waals surface area contributed by atoms with Crippen LogP contribution in [-0.4, -0.2) is 18.3 Å². The van der Waals surface area contributed by atoms with Crippen LogP contribution in [0.15, 0.2) is 200 Å². The largest absolute Gasteiger partial charge is 0.309 e. The van der Waals surface area contributed by atoms with Gasteiger partial charge in [-0.1, -0.05) is 115 Å². The molecular formula is C55H33N5. The van der Waals surface area contributed by atoms with Gasteiger partial charge in [-0.05, 0) is 84.9 Å². The van der Waals surface area contributed by atoms with Gasteiger partial charge in [-0.3, -0.25) is 0 Å². The van der Waals surface area contributed by atoms with Crippen LogP contribution >= 0.6 is 0 Å². The van der Waals surface area contributed by atoms with E-state index in [1.807, 2.05) is 18.2 Å². The van der Waals surface area contributed by atoms with Crippen molar-refractivity contribution in [2.24, 2.45) is 0 Å². The molecule has 0 saturated carbocycles.